The van der Waals surface area contributed by atoms with Crippen LogP contribution in [0.3, 0.4) is 0 Å². The second-order valence-corrected chi connectivity index (χ2v) is 4.21. The van der Waals surface area contributed by atoms with Gasteiger partial charge >= 0.3 is 0 Å². The lowest BCUT2D eigenvalue weighted by molar-refractivity contribution is 0.807. The van der Waals surface area contributed by atoms with Crippen LogP contribution in [0.1, 0.15) is 25.5 Å². The van der Waals surface area contributed by atoms with E-state index in [1.165, 1.54) is 5.69 Å². The van der Waals surface area contributed by atoms with Crippen molar-refractivity contribution >= 4 is 33.8 Å². The van der Waals surface area contributed by atoms with Gasteiger partial charge in [0.15, 0.2) is 0 Å². The zero-order chi connectivity index (χ0) is 9.42. The summed E-state index contributed by atoms with van der Waals surface area (Å²) in [6.07, 6.45) is 3.66. The quantitative estimate of drug-likeness (QED) is 0.755. The summed E-state index contributed by atoms with van der Waals surface area (Å²) in [5, 5.41) is 5.56. The second-order valence-electron chi connectivity index (χ2n) is 3.29. The number of hydrogen-bond donors (Lipinski definition) is 0. The smallest absolute Gasteiger partial charge is 0.0966 e. The first-order valence-corrected chi connectivity index (χ1v) is 5.15. The van der Waals surface area contributed by atoms with E-state index in [9.17, 15) is 0 Å². The van der Waals surface area contributed by atoms with Gasteiger partial charge < -0.3 is 0 Å². The minimum absolute atomic E-state index is 0.478. The van der Waals surface area contributed by atoms with Gasteiger partial charge in [-0.05, 0) is 12.0 Å². The summed E-state index contributed by atoms with van der Waals surface area (Å²) in [7, 11) is 0. The standard InChI is InChI=1S/C9H10IN3/c1-6(2)9-7-5-11-4-3-8(7)12-13(9)10/h3-6H,1-2H3. The topological polar surface area (TPSA) is 30.7 Å². The fraction of sp³-hybridized carbons (Fsp3) is 0.333. The summed E-state index contributed by atoms with van der Waals surface area (Å²) < 4.78 is 1.91. The molecule has 3 nitrogen and oxygen atoms in total. The molecule has 0 aliphatic heterocycles. The van der Waals surface area contributed by atoms with E-state index in [1.807, 2.05) is 15.2 Å². The summed E-state index contributed by atoms with van der Waals surface area (Å²) in [5.41, 5.74) is 2.26. The minimum Gasteiger partial charge on any atom is -0.264 e. The Labute approximate surface area is 90.7 Å². The van der Waals surface area contributed by atoms with Crippen molar-refractivity contribution in [3.63, 3.8) is 0 Å². The zero-order valence-electron chi connectivity index (χ0n) is 7.53. The first-order valence-electron chi connectivity index (χ1n) is 4.19. The number of aromatic nitrogens is 3. The summed E-state index contributed by atoms with van der Waals surface area (Å²) in [6, 6.07) is 1.94. The van der Waals surface area contributed by atoms with Gasteiger partial charge in [0.05, 0.1) is 34.1 Å². The molecule has 0 atom stereocenters. The molecule has 68 valence electrons. The molecule has 0 radical (unpaired) electrons. The molecule has 0 amide bonds. The average molecular weight is 287 g/mol. The third-order valence-electron chi connectivity index (χ3n) is 2.02. The van der Waals surface area contributed by atoms with Gasteiger partial charge in [0.2, 0.25) is 0 Å². The normalized spacial score (nSPS) is 11.4. The van der Waals surface area contributed by atoms with Gasteiger partial charge in [-0.3, -0.25) is 4.98 Å². The van der Waals surface area contributed by atoms with E-state index in [-0.39, 0.29) is 0 Å². The van der Waals surface area contributed by atoms with Gasteiger partial charge in [-0.15, -0.1) is 0 Å². The van der Waals surface area contributed by atoms with Gasteiger partial charge in [-0.25, -0.2) is 2.90 Å². The molecule has 0 spiro atoms. The first-order chi connectivity index (χ1) is 6.20. The molecule has 13 heavy (non-hydrogen) atoms. The molecule has 0 N–H and O–H groups in total. The Kier molecular flexibility index (Phi) is 2.23. The maximum atomic E-state index is 4.40. The van der Waals surface area contributed by atoms with Crippen molar-refractivity contribution in [2.75, 3.05) is 0 Å². The van der Waals surface area contributed by atoms with E-state index in [0.29, 0.717) is 5.92 Å². The third kappa shape index (κ3) is 1.43. The Morgan fingerprint density at radius 3 is 2.92 bits per heavy atom. The summed E-state index contributed by atoms with van der Waals surface area (Å²) in [6.45, 7) is 4.33. The highest BCUT2D eigenvalue weighted by Crippen LogP contribution is 2.25. The third-order valence-corrected chi connectivity index (χ3v) is 2.75. The SMILES string of the molecule is CC(C)c1c2cnccc2nn1I. The molecule has 0 unspecified atom stereocenters. The molecule has 2 aromatic rings. The van der Waals surface area contributed by atoms with Crippen LogP contribution in [-0.4, -0.2) is 13.0 Å². The highest BCUT2D eigenvalue weighted by atomic mass is 127. The van der Waals surface area contributed by atoms with Crippen LogP contribution in [-0.2, 0) is 0 Å². The van der Waals surface area contributed by atoms with E-state index in [4.69, 9.17) is 0 Å². The monoisotopic (exact) mass is 287 g/mol. The predicted octanol–water partition coefficient (Wildman–Crippen LogP) is 2.75. The van der Waals surface area contributed by atoms with E-state index in [2.05, 4.69) is 46.8 Å². The molecule has 0 aliphatic rings. The number of rotatable bonds is 1. The number of pyridine rings is 1. The highest BCUT2D eigenvalue weighted by Gasteiger charge is 2.12. The van der Waals surface area contributed by atoms with Crippen LogP contribution in [0.15, 0.2) is 18.5 Å². The maximum Gasteiger partial charge on any atom is 0.0966 e. The van der Waals surface area contributed by atoms with Crippen molar-refractivity contribution in [1.82, 2.24) is 13.0 Å². The fourth-order valence-electron chi connectivity index (χ4n) is 1.44. The Morgan fingerprint density at radius 1 is 1.46 bits per heavy atom. The first kappa shape index (κ1) is 8.93. The summed E-state index contributed by atoms with van der Waals surface area (Å²) in [4.78, 5) is 4.11. The molecule has 0 aromatic carbocycles. The van der Waals surface area contributed by atoms with Crippen LogP contribution >= 0.6 is 22.9 Å². The van der Waals surface area contributed by atoms with Gasteiger partial charge in [0, 0.05) is 17.8 Å². The molecule has 4 heteroatoms. The van der Waals surface area contributed by atoms with E-state index in [0.717, 1.165) is 10.9 Å². The zero-order valence-corrected chi connectivity index (χ0v) is 9.69. The Balaban J connectivity index is 2.78. The Hall–Kier alpha value is -0.650. The van der Waals surface area contributed by atoms with Crippen molar-refractivity contribution in [2.45, 2.75) is 19.8 Å². The Morgan fingerprint density at radius 2 is 2.23 bits per heavy atom. The molecule has 0 saturated carbocycles. The molecular formula is C9H10IN3. The van der Waals surface area contributed by atoms with Crippen molar-refractivity contribution in [3.05, 3.63) is 24.2 Å². The molecule has 0 fully saturated rings. The minimum atomic E-state index is 0.478. The molecule has 2 rings (SSSR count). The average Bonchev–Trinajstić information content (AvgIpc) is 2.39. The fourth-order valence-corrected chi connectivity index (χ4v) is 2.49. The van der Waals surface area contributed by atoms with Crippen molar-refractivity contribution in [2.24, 2.45) is 0 Å². The lowest BCUT2D eigenvalue weighted by Gasteiger charge is -2.03. The molecule has 0 aliphatic carbocycles. The van der Waals surface area contributed by atoms with E-state index >= 15 is 0 Å². The number of nitrogens with zero attached hydrogens (tertiary/aromatic N) is 3. The van der Waals surface area contributed by atoms with Crippen LogP contribution < -0.4 is 0 Å². The number of halogens is 1. The van der Waals surface area contributed by atoms with Gasteiger partial charge in [0.25, 0.3) is 0 Å². The van der Waals surface area contributed by atoms with Crippen LogP contribution in [0, 0.1) is 0 Å². The Bertz CT molecular complexity index is 433. The number of fused-ring (bicyclic) bond motifs is 1. The molecule has 2 aromatic heterocycles. The molecule has 2 heterocycles. The lowest BCUT2D eigenvalue weighted by atomic mass is 10.1. The maximum absolute atomic E-state index is 4.40. The van der Waals surface area contributed by atoms with Crippen molar-refractivity contribution < 1.29 is 0 Å². The predicted molar refractivity (Wildman–Crippen MR) is 61.0 cm³/mol. The van der Waals surface area contributed by atoms with Gasteiger partial charge in [0.1, 0.15) is 0 Å². The molecule has 0 bridgehead atoms. The summed E-state index contributed by atoms with van der Waals surface area (Å²) >= 11 is 2.21. The van der Waals surface area contributed by atoms with Gasteiger partial charge in [-0.2, -0.15) is 5.10 Å². The van der Waals surface area contributed by atoms with Crippen LogP contribution in [0.25, 0.3) is 10.9 Å². The largest absolute Gasteiger partial charge is 0.264 e. The van der Waals surface area contributed by atoms with Crippen LogP contribution in [0.2, 0.25) is 0 Å². The summed E-state index contributed by atoms with van der Waals surface area (Å²) in [5.74, 6) is 0.478. The lowest BCUT2D eigenvalue weighted by Crippen LogP contribution is -1.94. The van der Waals surface area contributed by atoms with Crippen molar-refractivity contribution in [3.8, 4) is 0 Å². The van der Waals surface area contributed by atoms with Crippen LogP contribution in [0.4, 0.5) is 0 Å². The van der Waals surface area contributed by atoms with Gasteiger partial charge in [-0.1, -0.05) is 13.8 Å². The van der Waals surface area contributed by atoms with E-state index in [1.54, 1.807) is 6.20 Å². The van der Waals surface area contributed by atoms with Crippen molar-refractivity contribution in [1.29, 1.82) is 0 Å². The number of hydrogen-bond acceptors (Lipinski definition) is 2. The molecule has 0 saturated heterocycles. The molecular weight excluding hydrogens is 277 g/mol. The van der Waals surface area contributed by atoms with Crippen LogP contribution in [0.5, 0.6) is 0 Å². The second kappa shape index (κ2) is 3.25. The van der Waals surface area contributed by atoms with E-state index < -0.39 is 0 Å². The highest BCUT2D eigenvalue weighted by molar-refractivity contribution is 14.1.